The number of hydrogen-bond acceptors (Lipinski definition) is 4. The quantitative estimate of drug-likeness (QED) is 0.196. The molecule has 2 aromatic carbocycles. The Bertz CT molecular complexity index is 1140. The van der Waals surface area contributed by atoms with Crippen LogP contribution in [0.4, 0.5) is 21.5 Å². The topological polar surface area (TPSA) is 109 Å². The summed E-state index contributed by atoms with van der Waals surface area (Å²) in [5.74, 6) is -0.983. The van der Waals surface area contributed by atoms with Crippen LogP contribution in [0, 0.1) is 12.7 Å². The maximum absolute atomic E-state index is 13.7. The number of amides is 2. The minimum Gasteiger partial charge on any atom is -0.366 e. The average molecular weight is 456 g/mol. The highest BCUT2D eigenvalue weighted by Gasteiger charge is 2.11. The van der Waals surface area contributed by atoms with Crippen LogP contribution in [0.1, 0.15) is 22.8 Å². The van der Waals surface area contributed by atoms with Crippen molar-refractivity contribution in [2.45, 2.75) is 13.8 Å². The predicted octanol–water partition coefficient (Wildman–Crippen LogP) is 4.89. The van der Waals surface area contributed by atoms with E-state index in [4.69, 9.17) is 17.3 Å². The number of allylic oxidation sites excluding steroid dienone is 2. The highest BCUT2D eigenvalue weighted by Crippen LogP contribution is 2.27. The standard InChI is InChI=1S/C23H23ClFN5O2/c1-5-17(24)23(30-18-10-9-16(25)12-20(18)29-21(31)6-2)28-14(4)27-19-11-15(22(26)32)8-7-13(19)3/h5-12,30H,1-2H2,3-4H3,(H2,26,32)(H,27,28)(H,29,31)/b23-17-. The lowest BCUT2D eigenvalue weighted by atomic mass is 10.1. The molecule has 0 atom stereocenters. The summed E-state index contributed by atoms with van der Waals surface area (Å²) in [7, 11) is 0. The van der Waals surface area contributed by atoms with Crippen molar-refractivity contribution in [3.8, 4) is 0 Å². The van der Waals surface area contributed by atoms with Crippen LogP contribution in [0.2, 0.25) is 0 Å². The number of rotatable bonds is 8. The summed E-state index contributed by atoms with van der Waals surface area (Å²) in [4.78, 5) is 27.6. The first-order valence-corrected chi connectivity index (χ1v) is 9.77. The largest absolute Gasteiger partial charge is 0.366 e. The number of nitrogens with one attached hydrogen (secondary N) is 3. The van der Waals surface area contributed by atoms with Gasteiger partial charge in [0.25, 0.3) is 0 Å². The normalized spacial score (nSPS) is 11.8. The molecule has 0 saturated carbocycles. The van der Waals surface area contributed by atoms with Gasteiger partial charge in [-0.2, -0.15) is 0 Å². The van der Waals surface area contributed by atoms with Crippen molar-refractivity contribution in [2.75, 3.05) is 16.0 Å². The molecule has 0 unspecified atom stereocenters. The second-order valence-corrected chi connectivity index (χ2v) is 7.03. The predicted molar refractivity (Wildman–Crippen MR) is 128 cm³/mol. The Morgan fingerprint density at radius 1 is 1.03 bits per heavy atom. The minimum absolute atomic E-state index is 0.173. The lowest BCUT2D eigenvalue weighted by Gasteiger charge is -2.15. The van der Waals surface area contributed by atoms with Crippen LogP contribution in [-0.4, -0.2) is 17.6 Å². The van der Waals surface area contributed by atoms with E-state index in [2.05, 4.69) is 34.1 Å². The minimum atomic E-state index is -0.551. The summed E-state index contributed by atoms with van der Waals surface area (Å²) in [5.41, 5.74) is 7.72. The van der Waals surface area contributed by atoms with Crippen molar-refractivity contribution in [3.05, 3.63) is 89.5 Å². The molecule has 2 amide bonds. The molecule has 0 aliphatic carbocycles. The Morgan fingerprint density at radius 2 is 1.75 bits per heavy atom. The second-order valence-electron chi connectivity index (χ2n) is 6.63. The molecule has 9 heteroatoms. The number of nitrogens with two attached hydrogens (primary N) is 1. The van der Waals surface area contributed by atoms with Gasteiger partial charge < -0.3 is 21.7 Å². The fourth-order valence-corrected chi connectivity index (χ4v) is 2.67. The number of hydrogen-bond donors (Lipinski definition) is 4. The smallest absolute Gasteiger partial charge is 0.248 e. The highest BCUT2D eigenvalue weighted by molar-refractivity contribution is 6.31. The molecule has 5 N–H and O–H groups in total. The van der Waals surface area contributed by atoms with E-state index in [-0.39, 0.29) is 16.5 Å². The zero-order chi connectivity index (χ0) is 23.8. The Kier molecular flexibility index (Phi) is 8.31. The molecule has 0 radical (unpaired) electrons. The number of benzene rings is 2. The molecule has 166 valence electrons. The van der Waals surface area contributed by atoms with Gasteiger partial charge in [0, 0.05) is 11.3 Å². The molecule has 32 heavy (non-hydrogen) atoms. The zero-order valence-electron chi connectivity index (χ0n) is 17.6. The first kappa shape index (κ1) is 24.4. The van der Waals surface area contributed by atoms with E-state index in [1.165, 1.54) is 18.2 Å². The lowest BCUT2D eigenvalue weighted by Crippen LogP contribution is -2.15. The molecule has 2 aromatic rings. The van der Waals surface area contributed by atoms with Gasteiger partial charge in [-0.05, 0) is 61.9 Å². The van der Waals surface area contributed by atoms with Crippen molar-refractivity contribution in [2.24, 2.45) is 10.7 Å². The van der Waals surface area contributed by atoms with E-state index in [0.717, 1.165) is 17.7 Å². The maximum Gasteiger partial charge on any atom is 0.248 e. The van der Waals surface area contributed by atoms with Crippen LogP contribution < -0.4 is 21.7 Å². The third-order valence-corrected chi connectivity index (χ3v) is 4.53. The Labute approximate surface area is 190 Å². The number of halogens is 2. The summed E-state index contributed by atoms with van der Waals surface area (Å²) in [5, 5.41) is 8.77. The molecule has 0 fully saturated rings. The third-order valence-electron chi connectivity index (χ3n) is 4.20. The summed E-state index contributed by atoms with van der Waals surface area (Å²) < 4.78 is 13.7. The van der Waals surface area contributed by atoms with Crippen molar-refractivity contribution in [1.29, 1.82) is 0 Å². The lowest BCUT2D eigenvalue weighted by molar-refractivity contribution is -0.111. The molecule has 0 aliphatic rings. The van der Waals surface area contributed by atoms with Gasteiger partial charge in [0.1, 0.15) is 11.7 Å². The van der Waals surface area contributed by atoms with Gasteiger partial charge in [-0.1, -0.05) is 30.8 Å². The van der Waals surface area contributed by atoms with E-state index >= 15 is 0 Å². The molecular weight excluding hydrogens is 433 g/mol. The summed E-state index contributed by atoms with van der Waals surface area (Å²) >= 11 is 6.27. The van der Waals surface area contributed by atoms with E-state index < -0.39 is 17.6 Å². The number of primary amides is 1. The van der Waals surface area contributed by atoms with Crippen molar-refractivity contribution in [3.63, 3.8) is 0 Å². The number of amidine groups is 1. The van der Waals surface area contributed by atoms with Crippen molar-refractivity contribution >= 4 is 46.3 Å². The van der Waals surface area contributed by atoms with Gasteiger partial charge in [-0.15, -0.1) is 0 Å². The number of carbonyl (C=O) groups excluding carboxylic acids is 2. The van der Waals surface area contributed by atoms with Gasteiger partial charge in [-0.3, -0.25) is 9.59 Å². The monoisotopic (exact) mass is 455 g/mol. The Morgan fingerprint density at radius 3 is 2.38 bits per heavy atom. The van der Waals surface area contributed by atoms with Gasteiger partial charge in [0.05, 0.1) is 16.4 Å². The van der Waals surface area contributed by atoms with E-state index in [1.807, 2.05) is 6.92 Å². The molecule has 0 spiro atoms. The summed E-state index contributed by atoms with van der Waals surface area (Å²) in [6.07, 6.45) is 2.45. The van der Waals surface area contributed by atoms with Crippen LogP contribution in [0.5, 0.6) is 0 Å². The second kappa shape index (κ2) is 10.9. The number of anilines is 3. The zero-order valence-corrected chi connectivity index (χ0v) is 18.4. The fourth-order valence-electron chi connectivity index (χ4n) is 2.58. The highest BCUT2D eigenvalue weighted by atomic mass is 35.5. The van der Waals surface area contributed by atoms with Crippen molar-refractivity contribution in [1.82, 2.24) is 0 Å². The Hall–Kier alpha value is -3.91. The summed E-state index contributed by atoms with van der Waals surface area (Å²) in [6.45, 7) is 10.6. The van der Waals surface area contributed by atoms with Crippen LogP contribution in [-0.2, 0) is 4.79 Å². The number of aliphatic imine (C=N–C) groups is 1. The van der Waals surface area contributed by atoms with Gasteiger partial charge in [0.15, 0.2) is 5.82 Å². The fraction of sp³-hybridized carbons (Fsp3) is 0.0870. The molecule has 0 aliphatic heterocycles. The van der Waals surface area contributed by atoms with E-state index in [9.17, 15) is 14.0 Å². The average Bonchev–Trinajstić information content (AvgIpc) is 2.75. The molecule has 0 bridgehead atoms. The van der Waals surface area contributed by atoms with Gasteiger partial charge in [0.2, 0.25) is 11.8 Å². The number of aryl methyl sites for hydroxylation is 1. The number of carbonyl (C=O) groups is 2. The first-order chi connectivity index (χ1) is 15.1. The third kappa shape index (κ3) is 6.55. The van der Waals surface area contributed by atoms with E-state index in [0.29, 0.717) is 22.8 Å². The molecular formula is C23H23ClFN5O2. The van der Waals surface area contributed by atoms with E-state index in [1.54, 1.807) is 25.1 Å². The van der Waals surface area contributed by atoms with Crippen LogP contribution in [0.3, 0.4) is 0 Å². The van der Waals surface area contributed by atoms with Crippen LogP contribution >= 0.6 is 11.6 Å². The first-order valence-electron chi connectivity index (χ1n) is 9.39. The Balaban J connectivity index is 2.39. The van der Waals surface area contributed by atoms with Gasteiger partial charge in [-0.25, -0.2) is 9.38 Å². The molecule has 2 rings (SSSR count). The molecule has 0 aromatic heterocycles. The SMILES string of the molecule is C=CC(=O)Nc1cc(F)ccc1NC(/N=C(\C)Nc1cc(C(N)=O)ccc1C)=C(\Cl)C=C. The molecule has 0 heterocycles. The van der Waals surface area contributed by atoms with Crippen LogP contribution in [0.25, 0.3) is 0 Å². The summed E-state index contributed by atoms with van der Waals surface area (Å²) in [6, 6.07) is 8.81. The molecule has 7 nitrogen and oxygen atoms in total. The van der Waals surface area contributed by atoms with Gasteiger partial charge >= 0.3 is 0 Å². The number of nitrogens with zero attached hydrogens (tertiary/aromatic N) is 1. The van der Waals surface area contributed by atoms with Crippen molar-refractivity contribution < 1.29 is 14.0 Å². The van der Waals surface area contributed by atoms with Crippen LogP contribution in [0.15, 0.2) is 77.6 Å². The maximum atomic E-state index is 13.7. The molecule has 0 saturated heterocycles.